The lowest BCUT2D eigenvalue weighted by atomic mass is 10.4. The van der Waals surface area contributed by atoms with Crippen molar-refractivity contribution in [1.82, 2.24) is 0 Å². The Hall–Kier alpha value is -0.640. The topological polar surface area (TPSA) is 46.3 Å². The van der Waals surface area contributed by atoms with Crippen LogP contribution >= 0.6 is 11.8 Å². The molecule has 0 bridgehead atoms. The van der Waals surface area contributed by atoms with E-state index < -0.39 is 0 Å². The van der Waals surface area contributed by atoms with Gasteiger partial charge in [-0.15, -0.1) is 11.8 Å². The summed E-state index contributed by atoms with van der Waals surface area (Å²) in [6.45, 7) is 0. The van der Waals surface area contributed by atoms with Crippen molar-refractivity contribution in [1.29, 1.82) is 0 Å². The van der Waals surface area contributed by atoms with Crippen LogP contribution in [-0.4, -0.2) is 22.1 Å². The van der Waals surface area contributed by atoms with Crippen LogP contribution in [0.2, 0.25) is 0 Å². The summed E-state index contributed by atoms with van der Waals surface area (Å²) in [6, 6.07) is 0. The number of hydrogen-bond acceptors (Lipinski definition) is 3. The van der Waals surface area contributed by atoms with Crippen molar-refractivity contribution >= 4 is 18.0 Å². The Bertz CT molecular complexity index is 160. The Labute approximate surface area is 57.2 Å². The molecule has 0 unspecified atom stereocenters. The fraction of sp³-hybridized carbons (Fsp3) is 0.400. The molecule has 0 fully saturated rings. The molecule has 0 saturated carbocycles. The minimum absolute atomic E-state index is 0.163. The highest BCUT2D eigenvalue weighted by Gasteiger charge is 2.05. The number of hydrogen-bond donors (Lipinski definition) is 1. The van der Waals surface area contributed by atoms with Gasteiger partial charge >= 0.3 is 0 Å². The molecule has 4 heteroatoms. The second-order valence-corrected chi connectivity index (χ2v) is 2.84. The van der Waals surface area contributed by atoms with Crippen molar-refractivity contribution in [3.63, 3.8) is 0 Å². The number of allylic oxidation sites excluding steroid dienone is 2. The summed E-state index contributed by atoms with van der Waals surface area (Å²) in [5, 5.41) is 18.1. The van der Waals surface area contributed by atoms with E-state index in [1.54, 1.807) is 11.8 Å². The fourth-order valence-electron chi connectivity index (χ4n) is 0.636. The normalized spacial score (nSPS) is 20.0. The summed E-state index contributed by atoms with van der Waals surface area (Å²) in [6.07, 6.45) is 4.08. The first-order valence-electron chi connectivity index (χ1n) is 2.62. The van der Waals surface area contributed by atoms with Crippen LogP contribution in [0.25, 0.3) is 0 Å². The molecule has 1 N–H and O–H groups in total. The highest BCUT2D eigenvalue weighted by molar-refractivity contribution is 8.04. The molecule has 1 aliphatic rings. The van der Waals surface area contributed by atoms with E-state index in [-0.39, 0.29) is 4.90 Å². The lowest BCUT2D eigenvalue weighted by molar-refractivity contribution is -0.722. The molecule has 0 amide bonds. The second-order valence-electron chi connectivity index (χ2n) is 1.68. The van der Waals surface area contributed by atoms with E-state index in [0.717, 1.165) is 23.3 Å². The van der Waals surface area contributed by atoms with Crippen LogP contribution in [-0.2, 0) is 0 Å². The van der Waals surface area contributed by atoms with E-state index in [0.29, 0.717) is 0 Å². The van der Waals surface area contributed by atoms with Crippen LogP contribution in [0.4, 0.5) is 0 Å². The molecule has 50 valence electrons. The standard InChI is InChI=1S/C5H7NO2S/c7-6(8)4-5-2-1-3-9-5/h2,4H,1,3H2,(H,7,8). The fourth-order valence-corrected chi connectivity index (χ4v) is 1.51. The van der Waals surface area contributed by atoms with E-state index in [9.17, 15) is 5.21 Å². The Morgan fingerprint density at radius 3 is 3.11 bits per heavy atom. The van der Waals surface area contributed by atoms with Crippen molar-refractivity contribution < 1.29 is 10.1 Å². The van der Waals surface area contributed by atoms with Crippen LogP contribution in [0.15, 0.2) is 11.0 Å². The van der Waals surface area contributed by atoms with E-state index in [4.69, 9.17) is 5.21 Å². The summed E-state index contributed by atoms with van der Waals surface area (Å²) in [5.41, 5.74) is 0. The summed E-state index contributed by atoms with van der Waals surface area (Å²) in [5.74, 6) is 1.01. The third kappa shape index (κ3) is 1.97. The van der Waals surface area contributed by atoms with E-state index in [1.807, 2.05) is 6.08 Å². The van der Waals surface area contributed by atoms with Gasteiger partial charge in [0.05, 0.1) is 4.91 Å². The second kappa shape index (κ2) is 2.77. The van der Waals surface area contributed by atoms with E-state index >= 15 is 0 Å². The van der Waals surface area contributed by atoms with Crippen LogP contribution < -0.4 is 0 Å². The third-order valence-electron chi connectivity index (χ3n) is 0.970. The van der Waals surface area contributed by atoms with E-state index in [2.05, 4.69) is 0 Å². The Morgan fingerprint density at radius 2 is 2.67 bits per heavy atom. The minimum atomic E-state index is -0.163. The van der Waals surface area contributed by atoms with Gasteiger partial charge in [-0.1, -0.05) is 6.08 Å². The monoisotopic (exact) mass is 145 g/mol. The van der Waals surface area contributed by atoms with Gasteiger partial charge in [-0.05, 0) is 6.42 Å². The molecule has 0 spiro atoms. The van der Waals surface area contributed by atoms with Crippen molar-refractivity contribution in [3.8, 4) is 0 Å². The molecule has 0 radical (unpaired) electrons. The van der Waals surface area contributed by atoms with Crippen LogP contribution in [0.5, 0.6) is 0 Å². The Morgan fingerprint density at radius 1 is 1.89 bits per heavy atom. The maximum Gasteiger partial charge on any atom is 0.246 e. The third-order valence-corrected chi connectivity index (χ3v) is 2.02. The number of rotatable bonds is 1. The summed E-state index contributed by atoms with van der Waals surface area (Å²) < 4.78 is 0. The molecule has 0 aromatic carbocycles. The van der Waals surface area contributed by atoms with Crippen molar-refractivity contribution in [2.45, 2.75) is 6.42 Å². The molecule has 1 heterocycles. The lowest BCUT2D eigenvalue weighted by Crippen LogP contribution is -1.96. The van der Waals surface area contributed by atoms with Crippen molar-refractivity contribution in [3.05, 3.63) is 16.2 Å². The largest absolute Gasteiger partial charge is 0.418 e. The molecule has 0 aromatic rings. The number of thioether (sulfide) groups is 1. The minimum Gasteiger partial charge on any atom is -0.418 e. The van der Waals surface area contributed by atoms with Crippen LogP contribution in [0.1, 0.15) is 6.42 Å². The molecule has 0 aliphatic carbocycles. The molecule has 0 saturated heterocycles. The van der Waals surface area contributed by atoms with Crippen molar-refractivity contribution in [2.75, 3.05) is 5.75 Å². The predicted molar refractivity (Wildman–Crippen MR) is 36.6 cm³/mol. The zero-order valence-electron chi connectivity index (χ0n) is 4.78. The first-order valence-corrected chi connectivity index (χ1v) is 3.60. The van der Waals surface area contributed by atoms with Crippen LogP contribution in [0.3, 0.4) is 0 Å². The van der Waals surface area contributed by atoms with Crippen LogP contribution in [0, 0.1) is 5.21 Å². The first-order chi connectivity index (χ1) is 4.29. The maximum absolute atomic E-state index is 9.96. The maximum atomic E-state index is 9.96. The van der Waals surface area contributed by atoms with E-state index in [1.165, 1.54) is 0 Å². The average molecular weight is 145 g/mol. The first kappa shape index (κ1) is 6.48. The number of nitrogens with zero attached hydrogens (tertiary/aromatic N) is 1. The highest BCUT2D eigenvalue weighted by Crippen LogP contribution is 2.21. The Balaban J connectivity index is 2.53. The summed E-state index contributed by atoms with van der Waals surface area (Å²) >= 11 is 1.57. The molecular formula is C5H7NO2S. The van der Waals surface area contributed by atoms with Gasteiger partial charge in [-0.3, -0.25) is 5.21 Å². The SMILES string of the molecule is [O-][N+](O)=CC1=CCCS1. The molecule has 0 aromatic heterocycles. The molecule has 1 rings (SSSR count). The predicted octanol–water partition coefficient (Wildman–Crippen LogP) is 0.978. The summed E-state index contributed by atoms with van der Waals surface area (Å²) in [7, 11) is 0. The summed E-state index contributed by atoms with van der Waals surface area (Å²) in [4.78, 5) is 0.692. The van der Waals surface area contributed by atoms with Gasteiger partial charge in [0.1, 0.15) is 0 Å². The molecular weight excluding hydrogens is 138 g/mol. The zero-order chi connectivity index (χ0) is 6.69. The molecule has 0 atom stereocenters. The highest BCUT2D eigenvalue weighted by atomic mass is 32.2. The van der Waals surface area contributed by atoms with Gasteiger partial charge in [0.15, 0.2) is 0 Å². The van der Waals surface area contributed by atoms with Gasteiger partial charge in [0, 0.05) is 10.7 Å². The van der Waals surface area contributed by atoms with Gasteiger partial charge in [0.2, 0.25) is 6.21 Å². The molecule has 9 heavy (non-hydrogen) atoms. The smallest absolute Gasteiger partial charge is 0.246 e. The lowest BCUT2D eigenvalue weighted by Gasteiger charge is -1.86. The van der Waals surface area contributed by atoms with Gasteiger partial charge in [-0.2, -0.15) is 0 Å². The quantitative estimate of drug-likeness (QED) is 0.259. The van der Waals surface area contributed by atoms with Gasteiger partial charge in [0.25, 0.3) is 0 Å². The van der Waals surface area contributed by atoms with Gasteiger partial charge < -0.3 is 5.21 Å². The van der Waals surface area contributed by atoms with Gasteiger partial charge in [-0.25, -0.2) is 0 Å². The molecule has 3 nitrogen and oxygen atoms in total. The molecule has 1 aliphatic heterocycles. The van der Waals surface area contributed by atoms with Crippen molar-refractivity contribution in [2.24, 2.45) is 0 Å². The Kier molecular flexibility index (Phi) is 2.00. The zero-order valence-corrected chi connectivity index (χ0v) is 5.60. The average Bonchev–Trinajstić information content (AvgIpc) is 2.15.